The number of fused-ring (bicyclic) bond motifs is 3. The summed E-state index contributed by atoms with van der Waals surface area (Å²) >= 11 is 0. The SMILES string of the molecule is CCN1C(=O)[C@H]2[C@@H](c3ccc(-c4ccc(C(C)=O)cc4)cc3)N3CCCC[C@@]3(C(=O)OC)[C@H]2C1=O. The average Bonchev–Trinajstić information content (AvgIpc) is 3.33. The molecular weight excluding hydrogens is 444 g/mol. The number of ketones is 1. The van der Waals surface area contributed by atoms with Crippen molar-refractivity contribution >= 4 is 23.6 Å². The van der Waals surface area contributed by atoms with Crippen LogP contribution in [0, 0.1) is 11.8 Å². The number of carbonyl (C=O) groups excluding carboxylic acids is 4. The summed E-state index contributed by atoms with van der Waals surface area (Å²) in [5.41, 5.74) is 2.44. The van der Waals surface area contributed by atoms with Gasteiger partial charge in [0.1, 0.15) is 5.54 Å². The summed E-state index contributed by atoms with van der Waals surface area (Å²) in [6.45, 7) is 4.27. The van der Waals surface area contributed by atoms with Gasteiger partial charge in [0.2, 0.25) is 11.8 Å². The fourth-order valence-corrected chi connectivity index (χ4v) is 6.50. The van der Waals surface area contributed by atoms with Gasteiger partial charge in [0.05, 0.1) is 18.9 Å². The molecule has 2 amide bonds. The standard InChI is InChI=1S/C28H30N2O5/c1-4-29-25(32)22-23(26(29)33)28(27(34)35-3)15-5-6-16-30(28)24(22)21-13-11-20(12-14-21)19-9-7-18(8-10-19)17(2)31/h7-14,22-24H,4-6,15-16H2,1-3H3/t22-,23-,24-,28+/m1/s1. The molecule has 2 aromatic rings. The highest BCUT2D eigenvalue weighted by Crippen LogP contribution is 2.58. The zero-order valence-corrected chi connectivity index (χ0v) is 20.3. The number of rotatable bonds is 5. The van der Waals surface area contributed by atoms with Crippen molar-refractivity contribution in [3.8, 4) is 11.1 Å². The second-order valence-electron chi connectivity index (χ2n) is 9.69. The van der Waals surface area contributed by atoms with E-state index in [0.717, 1.165) is 29.5 Å². The Morgan fingerprint density at radius 3 is 2.17 bits per heavy atom. The molecule has 0 aromatic heterocycles. The molecule has 7 heteroatoms. The van der Waals surface area contributed by atoms with Crippen molar-refractivity contribution in [2.75, 3.05) is 20.2 Å². The Kier molecular flexibility index (Phi) is 5.83. The number of esters is 1. The van der Waals surface area contributed by atoms with E-state index >= 15 is 0 Å². The van der Waals surface area contributed by atoms with E-state index in [4.69, 9.17) is 4.74 Å². The molecule has 3 aliphatic rings. The number of hydrogen-bond acceptors (Lipinski definition) is 6. The van der Waals surface area contributed by atoms with E-state index in [1.165, 1.54) is 12.0 Å². The van der Waals surface area contributed by atoms with E-state index in [-0.39, 0.29) is 23.6 Å². The highest BCUT2D eigenvalue weighted by atomic mass is 16.5. The van der Waals surface area contributed by atoms with Crippen LogP contribution in [0.4, 0.5) is 0 Å². The van der Waals surface area contributed by atoms with Crippen molar-refractivity contribution in [2.45, 2.75) is 44.7 Å². The summed E-state index contributed by atoms with van der Waals surface area (Å²) in [4.78, 5) is 55.2. The molecule has 0 radical (unpaired) electrons. The largest absolute Gasteiger partial charge is 0.468 e. The lowest BCUT2D eigenvalue weighted by molar-refractivity contribution is -0.164. The molecular formula is C28H30N2O5. The molecule has 4 atom stereocenters. The Hall–Kier alpha value is -3.32. The summed E-state index contributed by atoms with van der Waals surface area (Å²) in [5, 5.41) is 0. The van der Waals surface area contributed by atoms with Crippen LogP contribution in [-0.2, 0) is 19.1 Å². The van der Waals surface area contributed by atoms with Crippen molar-refractivity contribution in [1.82, 2.24) is 9.80 Å². The van der Waals surface area contributed by atoms with Gasteiger partial charge in [-0.05, 0) is 56.3 Å². The van der Waals surface area contributed by atoms with E-state index < -0.39 is 23.3 Å². The number of carbonyl (C=O) groups is 4. The number of nitrogens with zero attached hydrogens (tertiary/aromatic N) is 2. The van der Waals surface area contributed by atoms with E-state index in [1.807, 2.05) is 48.5 Å². The highest BCUT2D eigenvalue weighted by Gasteiger charge is 2.72. The molecule has 5 rings (SSSR count). The van der Waals surface area contributed by atoms with Crippen molar-refractivity contribution < 1.29 is 23.9 Å². The van der Waals surface area contributed by atoms with Crippen molar-refractivity contribution in [3.63, 3.8) is 0 Å². The number of piperidine rings is 1. The maximum atomic E-state index is 13.5. The van der Waals surface area contributed by atoms with Gasteiger partial charge in [-0.1, -0.05) is 48.5 Å². The third-order valence-electron chi connectivity index (χ3n) is 8.08. The summed E-state index contributed by atoms with van der Waals surface area (Å²) in [6.07, 6.45) is 2.22. The molecule has 0 aliphatic carbocycles. The number of Topliss-reactive ketones (excluding diaryl/α,β-unsaturated/α-hetero) is 1. The molecule has 0 saturated carbocycles. The van der Waals surface area contributed by atoms with E-state index in [1.54, 1.807) is 13.8 Å². The summed E-state index contributed by atoms with van der Waals surface area (Å²) in [6, 6.07) is 15.1. The molecule has 2 aromatic carbocycles. The van der Waals surface area contributed by atoms with Gasteiger partial charge in [-0.2, -0.15) is 0 Å². The van der Waals surface area contributed by atoms with Gasteiger partial charge in [-0.25, -0.2) is 0 Å². The quantitative estimate of drug-likeness (QED) is 0.374. The van der Waals surface area contributed by atoms with Crippen LogP contribution in [0.1, 0.15) is 55.1 Å². The Morgan fingerprint density at radius 2 is 1.60 bits per heavy atom. The minimum Gasteiger partial charge on any atom is -0.468 e. The number of methoxy groups -OCH3 is 1. The number of benzene rings is 2. The van der Waals surface area contributed by atoms with Gasteiger partial charge in [0.25, 0.3) is 0 Å². The topological polar surface area (TPSA) is 84.0 Å². The molecule has 3 heterocycles. The van der Waals surface area contributed by atoms with Crippen LogP contribution in [0.25, 0.3) is 11.1 Å². The second kappa shape index (κ2) is 8.72. The zero-order valence-electron chi connectivity index (χ0n) is 20.3. The van der Waals surface area contributed by atoms with Crippen LogP contribution in [0.5, 0.6) is 0 Å². The van der Waals surface area contributed by atoms with Crippen LogP contribution in [0.3, 0.4) is 0 Å². The molecule has 182 valence electrons. The van der Waals surface area contributed by atoms with Gasteiger partial charge >= 0.3 is 5.97 Å². The number of hydrogen-bond donors (Lipinski definition) is 0. The first kappa shape index (κ1) is 23.4. The predicted molar refractivity (Wildman–Crippen MR) is 129 cm³/mol. The minimum atomic E-state index is -1.11. The number of likely N-dealkylation sites (tertiary alicyclic amines) is 1. The molecule has 0 spiro atoms. The molecule has 7 nitrogen and oxygen atoms in total. The maximum absolute atomic E-state index is 13.5. The third-order valence-corrected chi connectivity index (χ3v) is 8.08. The average molecular weight is 475 g/mol. The fraction of sp³-hybridized carbons (Fsp3) is 0.429. The van der Waals surface area contributed by atoms with E-state index in [2.05, 4.69) is 4.90 Å². The first-order chi connectivity index (χ1) is 16.8. The van der Waals surface area contributed by atoms with Crippen LogP contribution in [-0.4, -0.2) is 59.1 Å². The lowest BCUT2D eigenvalue weighted by Crippen LogP contribution is -2.59. The minimum absolute atomic E-state index is 0.0233. The van der Waals surface area contributed by atoms with E-state index in [9.17, 15) is 19.2 Å². The first-order valence-electron chi connectivity index (χ1n) is 12.3. The molecule has 0 unspecified atom stereocenters. The lowest BCUT2D eigenvalue weighted by Gasteiger charge is -2.44. The Morgan fingerprint density at radius 1 is 0.971 bits per heavy atom. The van der Waals surface area contributed by atoms with Crippen molar-refractivity contribution in [2.24, 2.45) is 11.8 Å². The van der Waals surface area contributed by atoms with Crippen molar-refractivity contribution in [1.29, 1.82) is 0 Å². The van der Waals surface area contributed by atoms with Gasteiger partial charge in [0.15, 0.2) is 5.78 Å². The fourth-order valence-electron chi connectivity index (χ4n) is 6.50. The van der Waals surface area contributed by atoms with Gasteiger partial charge < -0.3 is 4.74 Å². The summed E-state index contributed by atoms with van der Waals surface area (Å²) in [5.74, 6) is -2.20. The van der Waals surface area contributed by atoms with Crippen LogP contribution in [0.15, 0.2) is 48.5 Å². The molecule has 0 bridgehead atoms. The highest BCUT2D eigenvalue weighted by molar-refractivity contribution is 6.09. The monoisotopic (exact) mass is 474 g/mol. The maximum Gasteiger partial charge on any atom is 0.327 e. The molecule has 3 saturated heterocycles. The number of imide groups is 1. The number of amides is 2. The number of ether oxygens (including phenoxy) is 1. The summed E-state index contributed by atoms with van der Waals surface area (Å²) in [7, 11) is 1.36. The van der Waals surface area contributed by atoms with E-state index in [0.29, 0.717) is 25.1 Å². The Bertz CT molecular complexity index is 1190. The van der Waals surface area contributed by atoms with Crippen LogP contribution >= 0.6 is 0 Å². The van der Waals surface area contributed by atoms with Crippen LogP contribution in [0.2, 0.25) is 0 Å². The lowest BCUT2D eigenvalue weighted by atomic mass is 9.75. The summed E-state index contributed by atoms with van der Waals surface area (Å²) < 4.78 is 5.26. The Labute approximate surface area is 205 Å². The first-order valence-corrected chi connectivity index (χ1v) is 12.3. The van der Waals surface area contributed by atoms with Gasteiger partial charge in [-0.15, -0.1) is 0 Å². The predicted octanol–water partition coefficient (Wildman–Crippen LogP) is 3.63. The molecule has 3 aliphatic heterocycles. The molecule has 0 N–H and O–H groups in total. The third kappa shape index (κ3) is 3.36. The van der Waals surface area contributed by atoms with Gasteiger partial charge in [-0.3, -0.25) is 29.0 Å². The van der Waals surface area contributed by atoms with Crippen LogP contribution < -0.4 is 0 Å². The zero-order chi connectivity index (χ0) is 24.9. The molecule has 35 heavy (non-hydrogen) atoms. The smallest absolute Gasteiger partial charge is 0.327 e. The normalized spacial score (nSPS) is 28.1. The Balaban J connectivity index is 1.56. The molecule has 3 fully saturated rings. The van der Waals surface area contributed by atoms with Crippen molar-refractivity contribution in [3.05, 3.63) is 59.7 Å². The van der Waals surface area contributed by atoms with Gasteiger partial charge in [0, 0.05) is 18.2 Å². The second-order valence-corrected chi connectivity index (χ2v) is 9.69.